The van der Waals surface area contributed by atoms with Crippen LogP contribution in [0.2, 0.25) is 10.0 Å². The minimum Gasteiger partial charge on any atom is -0.489 e. The van der Waals surface area contributed by atoms with E-state index in [2.05, 4.69) is 5.16 Å². The first kappa shape index (κ1) is 14.2. The van der Waals surface area contributed by atoms with Crippen LogP contribution in [-0.2, 0) is 13.0 Å². The zero-order valence-electron chi connectivity index (χ0n) is 11.1. The molecule has 1 aliphatic carbocycles. The monoisotopic (exact) mass is 321 g/mol. The highest BCUT2D eigenvalue weighted by Gasteiger charge is 2.21. The second-order valence-corrected chi connectivity index (χ2v) is 5.70. The van der Waals surface area contributed by atoms with Crippen molar-refractivity contribution in [1.82, 2.24) is 0 Å². The van der Waals surface area contributed by atoms with E-state index in [1.54, 1.807) is 12.1 Å². The first-order chi connectivity index (χ1) is 10.2. The quantitative estimate of drug-likeness (QED) is 0.657. The van der Waals surface area contributed by atoms with Crippen molar-refractivity contribution in [2.24, 2.45) is 5.16 Å². The Hall–Kier alpha value is -1.71. The van der Waals surface area contributed by atoms with Crippen LogP contribution in [0.5, 0.6) is 5.75 Å². The second kappa shape index (κ2) is 5.96. The Bertz CT molecular complexity index is 713. The van der Waals surface area contributed by atoms with Gasteiger partial charge in [0.25, 0.3) is 0 Å². The third kappa shape index (κ3) is 2.85. The molecule has 2 aromatic rings. The van der Waals surface area contributed by atoms with Gasteiger partial charge in [0.2, 0.25) is 0 Å². The van der Waals surface area contributed by atoms with E-state index in [1.807, 2.05) is 24.3 Å². The summed E-state index contributed by atoms with van der Waals surface area (Å²) in [4.78, 5) is 0. The van der Waals surface area contributed by atoms with Gasteiger partial charge in [-0.3, -0.25) is 0 Å². The summed E-state index contributed by atoms with van der Waals surface area (Å²) in [7, 11) is 0. The number of fused-ring (bicyclic) bond motifs is 1. The molecule has 0 saturated carbocycles. The van der Waals surface area contributed by atoms with Gasteiger partial charge in [0.1, 0.15) is 12.4 Å². The molecule has 0 saturated heterocycles. The predicted molar refractivity (Wildman–Crippen MR) is 83.9 cm³/mol. The molecule has 3 nitrogen and oxygen atoms in total. The van der Waals surface area contributed by atoms with E-state index in [-0.39, 0.29) is 0 Å². The van der Waals surface area contributed by atoms with Crippen molar-refractivity contribution in [3.05, 3.63) is 63.1 Å². The lowest BCUT2D eigenvalue weighted by Crippen LogP contribution is -2.00. The van der Waals surface area contributed by atoms with Crippen LogP contribution in [0.1, 0.15) is 23.1 Å². The Morgan fingerprint density at radius 3 is 2.76 bits per heavy atom. The summed E-state index contributed by atoms with van der Waals surface area (Å²) >= 11 is 12.0. The molecule has 0 amide bonds. The maximum absolute atomic E-state index is 8.99. The average molecular weight is 322 g/mol. The lowest BCUT2D eigenvalue weighted by atomic mass is 10.1. The number of ether oxygens (including phenoxy) is 1. The van der Waals surface area contributed by atoms with Crippen LogP contribution in [-0.4, -0.2) is 10.9 Å². The van der Waals surface area contributed by atoms with Crippen LogP contribution >= 0.6 is 23.2 Å². The van der Waals surface area contributed by atoms with Gasteiger partial charge in [0.05, 0.1) is 5.71 Å². The second-order valence-electron chi connectivity index (χ2n) is 4.85. The Morgan fingerprint density at radius 1 is 1.14 bits per heavy atom. The summed E-state index contributed by atoms with van der Waals surface area (Å²) < 4.78 is 5.88. The summed E-state index contributed by atoms with van der Waals surface area (Å²) in [5.41, 5.74) is 3.63. The number of halogens is 2. The van der Waals surface area contributed by atoms with Crippen LogP contribution in [0.4, 0.5) is 0 Å². The molecular weight excluding hydrogens is 309 g/mol. The fourth-order valence-electron chi connectivity index (χ4n) is 2.51. The minimum atomic E-state index is 0.373. The summed E-state index contributed by atoms with van der Waals surface area (Å²) in [6, 6.07) is 11.1. The van der Waals surface area contributed by atoms with Gasteiger partial charge >= 0.3 is 0 Å². The van der Waals surface area contributed by atoms with Gasteiger partial charge in [0.15, 0.2) is 0 Å². The number of hydrogen-bond acceptors (Lipinski definition) is 3. The summed E-state index contributed by atoms with van der Waals surface area (Å²) in [6.07, 6.45) is 1.55. The maximum atomic E-state index is 8.99. The van der Waals surface area contributed by atoms with Crippen molar-refractivity contribution in [2.75, 3.05) is 0 Å². The van der Waals surface area contributed by atoms with E-state index in [0.29, 0.717) is 22.4 Å². The summed E-state index contributed by atoms with van der Waals surface area (Å²) in [6.45, 7) is 0.373. The van der Waals surface area contributed by atoms with Crippen molar-refractivity contribution in [3.63, 3.8) is 0 Å². The molecule has 0 spiro atoms. The lowest BCUT2D eigenvalue weighted by molar-refractivity contribution is 0.303. The lowest BCUT2D eigenvalue weighted by Gasteiger charge is -2.11. The molecule has 0 fully saturated rings. The smallest absolute Gasteiger partial charge is 0.123 e. The number of nitrogens with zero attached hydrogens (tertiary/aromatic N) is 1. The average Bonchev–Trinajstić information content (AvgIpc) is 2.90. The Balaban J connectivity index is 1.82. The Kier molecular flexibility index (Phi) is 4.04. The van der Waals surface area contributed by atoms with Crippen LogP contribution in [0, 0.1) is 0 Å². The molecule has 108 valence electrons. The van der Waals surface area contributed by atoms with Crippen molar-refractivity contribution >= 4 is 28.9 Å². The van der Waals surface area contributed by atoms with Crippen LogP contribution in [0.15, 0.2) is 41.6 Å². The van der Waals surface area contributed by atoms with Gasteiger partial charge in [0, 0.05) is 26.7 Å². The molecule has 0 unspecified atom stereocenters. The van der Waals surface area contributed by atoms with Gasteiger partial charge in [-0.25, -0.2) is 0 Å². The highest BCUT2D eigenvalue weighted by molar-refractivity contribution is 6.35. The van der Waals surface area contributed by atoms with E-state index >= 15 is 0 Å². The van der Waals surface area contributed by atoms with Crippen LogP contribution < -0.4 is 4.74 Å². The fraction of sp³-hybridized carbons (Fsp3) is 0.188. The molecule has 0 aromatic heterocycles. The third-order valence-corrected chi connectivity index (χ3v) is 4.16. The highest BCUT2D eigenvalue weighted by Crippen LogP contribution is 2.32. The normalized spacial score (nSPS) is 15.2. The largest absolute Gasteiger partial charge is 0.489 e. The molecule has 5 heteroatoms. The zero-order valence-corrected chi connectivity index (χ0v) is 12.7. The number of hydrogen-bond donors (Lipinski definition) is 1. The molecule has 1 N–H and O–H groups in total. The molecule has 21 heavy (non-hydrogen) atoms. The third-order valence-electron chi connectivity index (χ3n) is 3.57. The van der Waals surface area contributed by atoms with E-state index in [9.17, 15) is 0 Å². The standard InChI is InChI=1S/C16H13Cl2NO2/c17-11-5-4-10(14(18)8-11)9-21-16-3-1-2-12-13(16)6-7-15(12)19-20/h1-5,8,20H,6-7,9H2. The number of oxime groups is 1. The Labute approximate surface area is 132 Å². The highest BCUT2D eigenvalue weighted by atomic mass is 35.5. The van der Waals surface area contributed by atoms with Gasteiger partial charge < -0.3 is 9.94 Å². The van der Waals surface area contributed by atoms with Crippen molar-refractivity contribution in [1.29, 1.82) is 0 Å². The molecule has 2 aromatic carbocycles. The summed E-state index contributed by atoms with van der Waals surface area (Å²) in [5.74, 6) is 0.803. The van der Waals surface area contributed by atoms with E-state index in [0.717, 1.165) is 35.3 Å². The zero-order chi connectivity index (χ0) is 14.8. The predicted octanol–water partition coefficient (Wildman–Crippen LogP) is 4.70. The minimum absolute atomic E-state index is 0.373. The topological polar surface area (TPSA) is 41.8 Å². The first-order valence-electron chi connectivity index (χ1n) is 6.59. The van der Waals surface area contributed by atoms with Crippen molar-refractivity contribution < 1.29 is 9.94 Å². The van der Waals surface area contributed by atoms with E-state index in [1.165, 1.54) is 0 Å². The molecule has 0 radical (unpaired) electrons. The number of rotatable bonds is 3. The van der Waals surface area contributed by atoms with Gasteiger partial charge in [-0.05, 0) is 31.0 Å². The molecule has 0 bridgehead atoms. The van der Waals surface area contributed by atoms with Crippen molar-refractivity contribution in [2.45, 2.75) is 19.4 Å². The first-order valence-corrected chi connectivity index (χ1v) is 7.34. The molecule has 1 aliphatic rings. The Morgan fingerprint density at radius 2 is 2.00 bits per heavy atom. The van der Waals surface area contributed by atoms with Gasteiger partial charge in [-0.15, -0.1) is 0 Å². The van der Waals surface area contributed by atoms with Gasteiger partial charge in [-0.2, -0.15) is 0 Å². The maximum Gasteiger partial charge on any atom is 0.123 e. The molecule has 3 rings (SSSR count). The SMILES string of the molecule is ON=C1CCc2c(OCc3ccc(Cl)cc3Cl)cccc21. The molecule has 0 heterocycles. The molecule has 0 aliphatic heterocycles. The van der Waals surface area contributed by atoms with E-state index in [4.69, 9.17) is 33.1 Å². The number of benzene rings is 2. The van der Waals surface area contributed by atoms with E-state index < -0.39 is 0 Å². The van der Waals surface area contributed by atoms with Crippen LogP contribution in [0.3, 0.4) is 0 Å². The fourth-order valence-corrected chi connectivity index (χ4v) is 2.97. The molecular formula is C16H13Cl2NO2. The van der Waals surface area contributed by atoms with Crippen LogP contribution in [0.25, 0.3) is 0 Å². The molecule has 0 atom stereocenters. The van der Waals surface area contributed by atoms with Crippen molar-refractivity contribution in [3.8, 4) is 5.75 Å². The summed E-state index contributed by atoms with van der Waals surface area (Å²) in [5, 5.41) is 13.5. The van der Waals surface area contributed by atoms with Gasteiger partial charge in [-0.1, -0.05) is 46.6 Å².